The summed E-state index contributed by atoms with van der Waals surface area (Å²) in [4.78, 5) is 2.58. The Kier molecular flexibility index (Phi) is 9.61. The minimum atomic E-state index is 0.0896. The maximum Gasteiger partial charge on any atom is 0.0448 e. The van der Waals surface area contributed by atoms with E-state index in [9.17, 15) is 0 Å². The summed E-state index contributed by atoms with van der Waals surface area (Å²) >= 11 is 0. The van der Waals surface area contributed by atoms with Crippen LogP contribution in [0.1, 0.15) is 91.0 Å². The zero-order valence-electron chi connectivity index (χ0n) is 18.7. The Hall–Kier alpha value is -1.76. The van der Waals surface area contributed by atoms with Crippen molar-refractivity contribution in [2.24, 2.45) is 0 Å². The maximum absolute atomic E-state index is 2.58. The number of para-hydroxylation sites is 2. The summed E-state index contributed by atoms with van der Waals surface area (Å²) in [5.41, 5.74) is 4.27. The lowest BCUT2D eigenvalue weighted by atomic mass is 9.92. The fourth-order valence-electron chi connectivity index (χ4n) is 4.33. The van der Waals surface area contributed by atoms with Gasteiger partial charge in [-0.25, -0.2) is 0 Å². The van der Waals surface area contributed by atoms with E-state index in [0.29, 0.717) is 0 Å². The molecule has 0 radical (unpaired) electrons. The Balaban J connectivity index is 2.16. The van der Waals surface area contributed by atoms with Crippen LogP contribution in [0.4, 0.5) is 11.4 Å². The van der Waals surface area contributed by atoms with Gasteiger partial charge in [0.05, 0.1) is 0 Å². The van der Waals surface area contributed by atoms with Gasteiger partial charge in [0.15, 0.2) is 0 Å². The monoisotopic (exact) mass is 379 g/mol. The third-order valence-corrected chi connectivity index (χ3v) is 5.76. The third kappa shape index (κ3) is 6.69. The number of nitrogens with zero attached hydrogens (tertiary/aromatic N) is 1. The van der Waals surface area contributed by atoms with Gasteiger partial charge in [-0.15, -0.1) is 0 Å². The number of aryl methyl sites for hydroxylation is 1. The summed E-state index contributed by atoms with van der Waals surface area (Å²) in [5.74, 6) is 0. The van der Waals surface area contributed by atoms with Crippen LogP contribution >= 0.6 is 0 Å². The van der Waals surface area contributed by atoms with E-state index in [4.69, 9.17) is 0 Å². The van der Waals surface area contributed by atoms with Gasteiger partial charge in [0, 0.05) is 16.9 Å². The first-order valence-electron chi connectivity index (χ1n) is 11.5. The largest absolute Gasteiger partial charge is 0.336 e. The standard InChI is InChI=1S/C27H41N/c1-5-7-8-9-10-11-13-18-24-19-16-17-22-26(24)28(27(3,4)23-6-2)25-20-14-12-15-21-25/h12,14-17,19-22H,5-11,13,18,23H2,1-4H3. The van der Waals surface area contributed by atoms with Gasteiger partial charge < -0.3 is 4.90 Å². The Morgan fingerprint density at radius 3 is 1.96 bits per heavy atom. The Morgan fingerprint density at radius 2 is 1.29 bits per heavy atom. The maximum atomic E-state index is 2.58. The molecule has 28 heavy (non-hydrogen) atoms. The fraction of sp³-hybridized carbons (Fsp3) is 0.556. The van der Waals surface area contributed by atoms with E-state index in [1.165, 1.54) is 81.1 Å². The second kappa shape index (κ2) is 11.9. The molecule has 0 aromatic heterocycles. The van der Waals surface area contributed by atoms with Crippen molar-refractivity contribution < 1.29 is 0 Å². The molecule has 1 heteroatoms. The molecule has 0 N–H and O–H groups in total. The van der Waals surface area contributed by atoms with Crippen LogP contribution in [0.25, 0.3) is 0 Å². The topological polar surface area (TPSA) is 3.24 Å². The Labute approximate surface area is 174 Å². The lowest BCUT2D eigenvalue weighted by molar-refractivity contribution is 0.458. The summed E-state index contributed by atoms with van der Waals surface area (Å²) in [6.07, 6.45) is 13.1. The van der Waals surface area contributed by atoms with Crippen molar-refractivity contribution >= 4 is 11.4 Å². The molecule has 154 valence electrons. The third-order valence-electron chi connectivity index (χ3n) is 5.76. The van der Waals surface area contributed by atoms with Crippen molar-refractivity contribution in [1.29, 1.82) is 0 Å². The highest BCUT2D eigenvalue weighted by Crippen LogP contribution is 2.38. The van der Waals surface area contributed by atoms with Crippen molar-refractivity contribution in [2.45, 2.75) is 97.4 Å². The molecule has 0 saturated carbocycles. The minimum Gasteiger partial charge on any atom is -0.336 e. The highest BCUT2D eigenvalue weighted by molar-refractivity contribution is 5.68. The predicted molar refractivity (Wildman–Crippen MR) is 126 cm³/mol. The second-order valence-corrected chi connectivity index (χ2v) is 8.73. The molecule has 0 atom stereocenters. The number of benzene rings is 2. The molecule has 0 heterocycles. The van der Waals surface area contributed by atoms with Gasteiger partial charge >= 0.3 is 0 Å². The van der Waals surface area contributed by atoms with Gasteiger partial charge in [0.25, 0.3) is 0 Å². The van der Waals surface area contributed by atoms with Crippen LogP contribution in [0.2, 0.25) is 0 Å². The lowest BCUT2D eigenvalue weighted by Gasteiger charge is -2.41. The lowest BCUT2D eigenvalue weighted by Crippen LogP contribution is -2.41. The average molecular weight is 380 g/mol. The van der Waals surface area contributed by atoms with Crippen molar-refractivity contribution in [1.82, 2.24) is 0 Å². The highest BCUT2D eigenvalue weighted by Gasteiger charge is 2.28. The zero-order chi connectivity index (χ0) is 20.2. The summed E-state index contributed by atoms with van der Waals surface area (Å²) in [7, 11) is 0. The molecular formula is C27H41N. The Bertz CT molecular complexity index is 659. The molecule has 0 unspecified atom stereocenters. The SMILES string of the molecule is CCCCCCCCCc1ccccc1N(c1ccccc1)C(C)(C)CCC. The number of unbranched alkanes of at least 4 members (excludes halogenated alkanes) is 6. The molecule has 2 aromatic carbocycles. The fourth-order valence-corrected chi connectivity index (χ4v) is 4.33. The van der Waals surface area contributed by atoms with Crippen molar-refractivity contribution in [3.63, 3.8) is 0 Å². The molecule has 0 saturated heterocycles. The van der Waals surface area contributed by atoms with Gasteiger partial charge in [0.1, 0.15) is 0 Å². The van der Waals surface area contributed by atoms with Crippen LogP contribution in [0.15, 0.2) is 54.6 Å². The van der Waals surface area contributed by atoms with Crippen LogP contribution in [0.5, 0.6) is 0 Å². The van der Waals surface area contributed by atoms with Crippen LogP contribution in [0, 0.1) is 0 Å². The van der Waals surface area contributed by atoms with Gasteiger partial charge in [-0.2, -0.15) is 0 Å². The molecular weight excluding hydrogens is 338 g/mol. The van der Waals surface area contributed by atoms with E-state index in [1.54, 1.807) is 0 Å². The second-order valence-electron chi connectivity index (χ2n) is 8.73. The number of hydrogen-bond acceptors (Lipinski definition) is 1. The molecule has 0 fully saturated rings. The number of anilines is 2. The number of hydrogen-bond donors (Lipinski definition) is 0. The molecule has 1 nitrogen and oxygen atoms in total. The zero-order valence-corrected chi connectivity index (χ0v) is 18.7. The number of rotatable bonds is 13. The van der Waals surface area contributed by atoms with E-state index in [1.807, 2.05) is 0 Å². The Morgan fingerprint density at radius 1 is 0.679 bits per heavy atom. The van der Waals surface area contributed by atoms with E-state index in [2.05, 4.69) is 87.2 Å². The van der Waals surface area contributed by atoms with Crippen LogP contribution < -0.4 is 4.90 Å². The van der Waals surface area contributed by atoms with E-state index in [0.717, 1.165) is 0 Å². The molecule has 0 aliphatic rings. The van der Waals surface area contributed by atoms with Crippen molar-refractivity contribution in [2.75, 3.05) is 4.90 Å². The first-order chi connectivity index (χ1) is 13.6. The van der Waals surface area contributed by atoms with Gasteiger partial charge in [-0.3, -0.25) is 0 Å². The smallest absolute Gasteiger partial charge is 0.0448 e. The van der Waals surface area contributed by atoms with Crippen LogP contribution in [0.3, 0.4) is 0 Å². The van der Waals surface area contributed by atoms with E-state index < -0.39 is 0 Å². The summed E-state index contributed by atoms with van der Waals surface area (Å²) in [6.45, 7) is 9.34. The normalized spacial score (nSPS) is 11.6. The summed E-state index contributed by atoms with van der Waals surface area (Å²) in [5, 5.41) is 0. The average Bonchev–Trinajstić information content (AvgIpc) is 2.69. The minimum absolute atomic E-state index is 0.0896. The predicted octanol–water partition coefficient (Wildman–Crippen LogP) is 8.70. The van der Waals surface area contributed by atoms with Gasteiger partial charge in [-0.05, 0) is 56.9 Å². The first kappa shape index (κ1) is 22.5. The molecule has 0 aliphatic carbocycles. The molecule has 0 spiro atoms. The first-order valence-corrected chi connectivity index (χ1v) is 11.5. The van der Waals surface area contributed by atoms with Gasteiger partial charge in [0.2, 0.25) is 0 Å². The molecule has 2 rings (SSSR count). The summed E-state index contributed by atoms with van der Waals surface area (Å²) in [6, 6.07) is 20.0. The van der Waals surface area contributed by atoms with Crippen LogP contribution in [-0.4, -0.2) is 5.54 Å². The quantitative estimate of drug-likeness (QED) is 0.314. The van der Waals surface area contributed by atoms with Crippen molar-refractivity contribution in [3.05, 3.63) is 60.2 Å². The van der Waals surface area contributed by atoms with E-state index >= 15 is 0 Å². The summed E-state index contributed by atoms with van der Waals surface area (Å²) < 4.78 is 0. The van der Waals surface area contributed by atoms with Gasteiger partial charge in [-0.1, -0.05) is 95.2 Å². The van der Waals surface area contributed by atoms with Crippen LogP contribution in [-0.2, 0) is 6.42 Å². The molecule has 0 aliphatic heterocycles. The molecule has 2 aromatic rings. The van der Waals surface area contributed by atoms with E-state index in [-0.39, 0.29) is 5.54 Å². The van der Waals surface area contributed by atoms with Crippen molar-refractivity contribution in [3.8, 4) is 0 Å². The molecule has 0 amide bonds. The molecule has 0 bridgehead atoms. The highest BCUT2D eigenvalue weighted by atomic mass is 15.2.